The molecule has 0 bridgehead atoms. The second kappa shape index (κ2) is 14.9. The summed E-state index contributed by atoms with van der Waals surface area (Å²) in [5, 5.41) is 2.65. The summed E-state index contributed by atoms with van der Waals surface area (Å²) in [6, 6.07) is 13.5. The molecule has 3 rings (SSSR count). The zero-order chi connectivity index (χ0) is 28.6. The third-order valence-electron chi connectivity index (χ3n) is 5.96. The van der Waals surface area contributed by atoms with Gasteiger partial charge in [-0.15, -0.1) is 0 Å². The van der Waals surface area contributed by atoms with Gasteiger partial charge in [-0.3, -0.25) is 4.52 Å². The number of nitrogens with one attached hydrogen (secondary N) is 1. The summed E-state index contributed by atoms with van der Waals surface area (Å²) in [5.41, 5.74) is 6.82. The van der Waals surface area contributed by atoms with Gasteiger partial charge >= 0.3 is 13.9 Å². The van der Waals surface area contributed by atoms with Gasteiger partial charge in [0.05, 0.1) is 24.2 Å². The van der Waals surface area contributed by atoms with Crippen LogP contribution in [-0.4, -0.2) is 73.2 Å². The Morgan fingerprint density at radius 2 is 1.80 bits per heavy atom. The van der Waals surface area contributed by atoms with Gasteiger partial charge in [-0.1, -0.05) is 44.2 Å². The number of nitrogens with two attached hydrogens (primary N) is 1. The number of benzene rings is 2. The molecular formula is C25H39N4O9PS. The SMILES string of the molecule is CC(C)CN(C[C@@H](OP(=O)(O)O)[C@H](Cc1ccccc1)NC(=O)O[C@@H]1CCOC1)S(=O)(=O)c1ccc(N)cc1.N. The van der Waals surface area contributed by atoms with Crippen LogP contribution in [0.5, 0.6) is 0 Å². The van der Waals surface area contributed by atoms with E-state index in [1.807, 2.05) is 13.8 Å². The van der Waals surface area contributed by atoms with Crippen LogP contribution in [0.2, 0.25) is 0 Å². The monoisotopic (exact) mass is 602 g/mol. The van der Waals surface area contributed by atoms with Gasteiger partial charge in [-0.25, -0.2) is 17.8 Å². The predicted octanol–water partition coefficient (Wildman–Crippen LogP) is 2.68. The number of phosphoric acid groups is 1. The maximum Gasteiger partial charge on any atom is 0.469 e. The van der Waals surface area contributed by atoms with E-state index < -0.39 is 48.7 Å². The summed E-state index contributed by atoms with van der Waals surface area (Å²) in [6.07, 6.45) is -2.14. The van der Waals surface area contributed by atoms with E-state index in [0.717, 1.165) is 9.87 Å². The van der Waals surface area contributed by atoms with Crippen molar-refractivity contribution in [3.8, 4) is 0 Å². The summed E-state index contributed by atoms with van der Waals surface area (Å²) < 4.78 is 56.2. The van der Waals surface area contributed by atoms with Crippen LogP contribution < -0.4 is 17.2 Å². The molecule has 1 aliphatic rings. The van der Waals surface area contributed by atoms with Gasteiger partial charge in [-0.2, -0.15) is 4.31 Å². The van der Waals surface area contributed by atoms with E-state index in [4.69, 9.17) is 19.7 Å². The Morgan fingerprint density at radius 3 is 2.35 bits per heavy atom. The number of hydrogen-bond acceptors (Lipinski definition) is 9. The number of rotatable bonds is 13. The summed E-state index contributed by atoms with van der Waals surface area (Å²) in [6.45, 7) is 3.87. The number of nitrogens with zero attached hydrogens (tertiary/aromatic N) is 1. The predicted molar refractivity (Wildman–Crippen MR) is 149 cm³/mol. The lowest BCUT2D eigenvalue weighted by atomic mass is 10.0. The van der Waals surface area contributed by atoms with Crippen molar-refractivity contribution in [3.63, 3.8) is 0 Å². The van der Waals surface area contributed by atoms with Crippen molar-refractivity contribution in [1.29, 1.82) is 0 Å². The number of alkyl carbamates (subject to hydrolysis) is 1. The molecule has 40 heavy (non-hydrogen) atoms. The third kappa shape index (κ3) is 10.5. The Morgan fingerprint density at radius 1 is 1.15 bits per heavy atom. The zero-order valence-electron chi connectivity index (χ0n) is 22.6. The van der Waals surface area contributed by atoms with Gasteiger partial charge < -0.3 is 36.5 Å². The van der Waals surface area contributed by atoms with Crippen molar-refractivity contribution >= 4 is 29.6 Å². The van der Waals surface area contributed by atoms with Gasteiger partial charge in [0.1, 0.15) is 12.2 Å². The average molecular weight is 603 g/mol. The number of hydrogen-bond donors (Lipinski definition) is 5. The molecule has 1 heterocycles. The van der Waals surface area contributed by atoms with Crippen LogP contribution in [0.1, 0.15) is 25.8 Å². The molecule has 1 saturated heterocycles. The molecule has 13 nitrogen and oxygen atoms in total. The van der Waals surface area contributed by atoms with Gasteiger partial charge in [0.2, 0.25) is 10.0 Å². The van der Waals surface area contributed by atoms with Gasteiger partial charge in [-0.05, 0) is 42.2 Å². The lowest BCUT2D eigenvalue weighted by Gasteiger charge is -2.33. The van der Waals surface area contributed by atoms with Crippen molar-refractivity contribution in [3.05, 3.63) is 60.2 Å². The highest BCUT2D eigenvalue weighted by Gasteiger charge is 2.37. The van der Waals surface area contributed by atoms with Crippen LogP contribution in [0, 0.1) is 5.92 Å². The van der Waals surface area contributed by atoms with E-state index in [0.29, 0.717) is 18.7 Å². The first-order valence-electron chi connectivity index (χ1n) is 12.5. The minimum absolute atomic E-state index is 0. The van der Waals surface area contributed by atoms with Crippen molar-refractivity contribution in [1.82, 2.24) is 15.8 Å². The zero-order valence-corrected chi connectivity index (χ0v) is 24.3. The first-order valence-corrected chi connectivity index (χ1v) is 15.5. The molecule has 1 fully saturated rings. The second-order valence-electron chi connectivity index (χ2n) is 9.75. The molecule has 0 unspecified atom stereocenters. The molecule has 8 N–H and O–H groups in total. The van der Waals surface area contributed by atoms with Crippen molar-refractivity contribution in [2.75, 3.05) is 32.0 Å². The number of nitrogen functional groups attached to an aromatic ring is 1. The topological polar surface area (TPSA) is 213 Å². The summed E-state index contributed by atoms with van der Waals surface area (Å²) >= 11 is 0. The minimum atomic E-state index is -5.12. The van der Waals surface area contributed by atoms with Crippen molar-refractivity contribution in [2.24, 2.45) is 5.92 Å². The maximum absolute atomic E-state index is 13.6. The number of carbonyl (C=O) groups excluding carboxylic acids is 1. The highest BCUT2D eigenvalue weighted by Crippen LogP contribution is 2.39. The molecule has 2 aromatic rings. The highest BCUT2D eigenvalue weighted by molar-refractivity contribution is 7.89. The number of ether oxygens (including phenoxy) is 2. The van der Waals surface area contributed by atoms with E-state index in [-0.39, 0.29) is 36.5 Å². The Balaban J connectivity index is 0.00000560. The molecule has 0 aromatic heterocycles. The first-order chi connectivity index (χ1) is 18.3. The molecule has 1 aliphatic heterocycles. The van der Waals surface area contributed by atoms with Crippen molar-refractivity contribution < 1.29 is 41.6 Å². The molecule has 1 amide bonds. The minimum Gasteiger partial charge on any atom is -0.444 e. The van der Waals surface area contributed by atoms with Crippen LogP contribution in [0.3, 0.4) is 0 Å². The first kappa shape index (κ1) is 33.7. The molecule has 0 saturated carbocycles. The molecular weight excluding hydrogens is 563 g/mol. The number of sulfonamides is 1. The smallest absolute Gasteiger partial charge is 0.444 e. The Labute approximate surface area is 234 Å². The van der Waals surface area contributed by atoms with E-state index in [1.165, 1.54) is 24.3 Å². The van der Waals surface area contributed by atoms with Crippen molar-refractivity contribution in [2.45, 2.75) is 49.8 Å². The lowest BCUT2D eigenvalue weighted by Crippen LogP contribution is -2.52. The van der Waals surface area contributed by atoms with Gasteiger partial charge in [0.25, 0.3) is 0 Å². The Bertz CT molecular complexity index is 1220. The highest BCUT2D eigenvalue weighted by atomic mass is 32.2. The largest absolute Gasteiger partial charge is 0.469 e. The summed E-state index contributed by atoms with van der Waals surface area (Å²) in [5.74, 6) is -0.142. The lowest BCUT2D eigenvalue weighted by molar-refractivity contribution is 0.0601. The Hall–Kier alpha value is -2.55. The van der Waals surface area contributed by atoms with E-state index in [1.54, 1.807) is 30.3 Å². The molecule has 0 aliphatic carbocycles. The maximum atomic E-state index is 13.6. The molecule has 15 heteroatoms. The average Bonchev–Trinajstić information content (AvgIpc) is 3.35. The van der Waals surface area contributed by atoms with Gasteiger partial charge in [0, 0.05) is 25.2 Å². The fraction of sp³-hybridized carbons (Fsp3) is 0.480. The summed E-state index contributed by atoms with van der Waals surface area (Å²) in [4.78, 5) is 32.3. The summed E-state index contributed by atoms with van der Waals surface area (Å²) in [7, 11) is -9.26. The third-order valence-corrected chi connectivity index (χ3v) is 8.35. The van der Waals surface area contributed by atoms with Crippen LogP contribution in [0.4, 0.5) is 10.5 Å². The fourth-order valence-electron chi connectivity index (χ4n) is 4.16. The molecule has 0 spiro atoms. The van der Waals surface area contributed by atoms with Crippen LogP contribution in [0.25, 0.3) is 0 Å². The Kier molecular flexibility index (Phi) is 12.5. The molecule has 224 valence electrons. The molecule has 3 atom stereocenters. The number of amides is 1. The quantitative estimate of drug-likeness (QED) is 0.166. The second-order valence-corrected chi connectivity index (χ2v) is 12.9. The number of phosphoric ester groups is 1. The van der Waals surface area contributed by atoms with E-state index >= 15 is 0 Å². The van der Waals surface area contributed by atoms with E-state index in [9.17, 15) is 27.6 Å². The van der Waals surface area contributed by atoms with E-state index in [2.05, 4.69) is 5.32 Å². The van der Waals surface area contributed by atoms with Crippen LogP contribution >= 0.6 is 7.82 Å². The molecule has 0 radical (unpaired) electrons. The number of carbonyl (C=O) groups is 1. The van der Waals surface area contributed by atoms with Crippen LogP contribution in [0.15, 0.2) is 59.5 Å². The number of anilines is 1. The standard InChI is InChI=1S/C25H36N3O9PS.H3N/c1-18(2)15-28(39(33,34)22-10-8-20(26)9-11-22)16-24(37-38(30,31)32)23(14-19-6-4-3-5-7-19)27-25(29)36-21-12-13-35-17-21;/h3-11,18,21,23-24H,12-17,26H2,1-2H3,(H,27,29)(H2,30,31,32);1H3/t21-,23+,24-;/m1./s1. The van der Waals surface area contributed by atoms with Gasteiger partial charge in [0.15, 0.2) is 0 Å². The molecule has 2 aromatic carbocycles. The van der Waals surface area contributed by atoms with Crippen LogP contribution in [-0.2, 0) is 35.0 Å². The fourth-order valence-corrected chi connectivity index (χ4v) is 6.35. The normalized spacial score (nSPS) is 17.3.